The van der Waals surface area contributed by atoms with Crippen molar-refractivity contribution in [3.8, 4) is 0 Å². The molecule has 0 aliphatic carbocycles. The predicted octanol–water partition coefficient (Wildman–Crippen LogP) is 2.35. The largest absolute Gasteiger partial charge is 0.466 e. The smallest absolute Gasteiger partial charge is 0.307 e. The normalized spacial score (nSPS) is 12.3. The second-order valence-electron chi connectivity index (χ2n) is 4.51. The molecule has 1 unspecified atom stereocenters. The van der Waals surface area contributed by atoms with Crippen LogP contribution in [-0.2, 0) is 9.53 Å². The van der Waals surface area contributed by atoms with Gasteiger partial charge in [0.15, 0.2) is 0 Å². The highest BCUT2D eigenvalue weighted by Gasteiger charge is 2.11. The number of nitrogens with one attached hydrogen (secondary N) is 1. The Morgan fingerprint density at radius 3 is 2.78 bits per heavy atom. The van der Waals surface area contributed by atoms with E-state index in [-0.39, 0.29) is 17.9 Å². The van der Waals surface area contributed by atoms with Crippen LogP contribution < -0.4 is 5.32 Å². The maximum atomic E-state index is 11.3. The van der Waals surface area contributed by atoms with Gasteiger partial charge >= 0.3 is 5.97 Å². The summed E-state index contributed by atoms with van der Waals surface area (Å²) in [5.41, 5.74) is 0. The highest BCUT2D eigenvalue weighted by molar-refractivity contribution is 5.70. The van der Waals surface area contributed by atoms with Gasteiger partial charge in [0.1, 0.15) is 11.6 Å². The lowest BCUT2D eigenvalue weighted by Crippen LogP contribution is -2.22. The van der Waals surface area contributed by atoms with Gasteiger partial charge in [-0.2, -0.15) is 0 Å². The number of esters is 1. The van der Waals surface area contributed by atoms with Gasteiger partial charge in [-0.3, -0.25) is 4.79 Å². The van der Waals surface area contributed by atoms with Gasteiger partial charge < -0.3 is 10.1 Å². The summed E-state index contributed by atoms with van der Waals surface area (Å²) >= 11 is 0. The highest BCUT2D eigenvalue weighted by atomic mass is 16.5. The minimum atomic E-state index is -0.198. The molecule has 0 spiro atoms. The maximum Gasteiger partial charge on any atom is 0.307 e. The van der Waals surface area contributed by atoms with Crippen molar-refractivity contribution in [1.29, 1.82) is 0 Å². The number of nitrogens with zero attached hydrogens (tertiary/aromatic N) is 2. The predicted molar refractivity (Wildman–Crippen MR) is 70.5 cm³/mol. The van der Waals surface area contributed by atoms with Crippen LogP contribution in [0.3, 0.4) is 0 Å². The molecule has 0 aliphatic heterocycles. The Hall–Kier alpha value is -1.65. The molecule has 0 amide bonds. The second kappa shape index (κ2) is 6.93. The summed E-state index contributed by atoms with van der Waals surface area (Å²) in [6.07, 6.45) is 2.05. The Labute approximate surface area is 108 Å². The third-order valence-electron chi connectivity index (χ3n) is 2.36. The van der Waals surface area contributed by atoms with Gasteiger partial charge in [-0.15, -0.1) is 0 Å². The number of hydrogen-bond acceptors (Lipinski definition) is 5. The van der Waals surface area contributed by atoms with Gasteiger partial charge in [0.05, 0.1) is 13.0 Å². The van der Waals surface area contributed by atoms with Crippen LogP contribution in [-0.4, -0.2) is 28.6 Å². The topological polar surface area (TPSA) is 64.1 Å². The summed E-state index contributed by atoms with van der Waals surface area (Å²) < 4.78 is 4.90. The number of ether oxygens (including phenoxy) is 1. The van der Waals surface area contributed by atoms with Gasteiger partial charge in [0.2, 0.25) is 0 Å². The quantitative estimate of drug-likeness (QED) is 0.786. The van der Waals surface area contributed by atoms with E-state index in [9.17, 15) is 4.79 Å². The van der Waals surface area contributed by atoms with Gasteiger partial charge in [-0.1, -0.05) is 13.8 Å². The molecule has 1 rings (SSSR count). The van der Waals surface area contributed by atoms with Crippen molar-refractivity contribution in [2.24, 2.45) is 0 Å². The zero-order valence-corrected chi connectivity index (χ0v) is 11.4. The lowest BCUT2D eigenvalue weighted by atomic mass is 10.2. The summed E-state index contributed by atoms with van der Waals surface area (Å²) in [6, 6.07) is 1.78. The molecule has 100 valence electrons. The number of carbonyl (C=O) groups is 1. The van der Waals surface area contributed by atoms with Crippen molar-refractivity contribution in [3.05, 3.63) is 18.1 Å². The van der Waals surface area contributed by atoms with Crippen LogP contribution in [0.15, 0.2) is 12.3 Å². The Balaban J connectivity index is 2.56. The van der Waals surface area contributed by atoms with Crippen molar-refractivity contribution in [3.63, 3.8) is 0 Å². The van der Waals surface area contributed by atoms with Crippen molar-refractivity contribution in [1.82, 2.24) is 9.97 Å². The first-order chi connectivity index (χ1) is 8.52. The first kappa shape index (κ1) is 14.4. The fourth-order valence-corrected chi connectivity index (χ4v) is 1.51. The van der Waals surface area contributed by atoms with Crippen LogP contribution in [0.5, 0.6) is 0 Å². The van der Waals surface area contributed by atoms with Crippen molar-refractivity contribution in [2.45, 2.75) is 46.1 Å². The zero-order valence-electron chi connectivity index (χ0n) is 11.4. The van der Waals surface area contributed by atoms with Crippen LogP contribution in [0.4, 0.5) is 5.82 Å². The Bertz CT molecular complexity index is 394. The summed E-state index contributed by atoms with van der Waals surface area (Å²) in [5, 5.41) is 3.17. The standard InChI is InChI=1S/C13H21N3O2/c1-5-18-12(17)8-10(4)15-11-6-7-14-13(16-11)9(2)3/h6-7,9-10H,5,8H2,1-4H3,(H,14,15,16). The van der Waals surface area contributed by atoms with Gasteiger partial charge in [0.25, 0.3) is 0 Å². The molecule has 0 aliphatic rings. The molecule has 0 aromatic carbocycles. The van der Waals surface area contributed by atoms with Crippen LogP contribution in [0, 0.1) is 0 Å². The number of anilines is 1. The van der Waals surface area contributed by atoms with Crippen molar-refractivity contribution < 1.29 is 9.53 Å². The molecule has 1 heterocycles. The molecular formula is C13H21N3O2. The second-order valence-corrected chi connectivity index (χ2v) is 4.51. The van der Waals surface area contributed by atoms with Gasteiger partial charge in [-0.05, 0) is 19.9 Å². The van der Waals surface area contributed by atoms with Gasteiger partial charge in [0, 0.05) is 18.2 Å². The molecule has 0 bridgehead atoms. The molecule has 1 N–H and O–H groups in total. The third-order valence-corrected chi connectivity index (χ3v) is 2.36. The van der Waals surface area contributed by atoms with Crippen LogP contribution >= 0.6 is 0 Å². The highest BCUT2D eigenvalue weighted by Crippen LogP contribution is 2.12. The number of carbonyl (C=O) groups excluding carboxylic acids is 1. The minimum Gasteiger partial charge on any atom is -0.466 e. The summed E-state index contributed by atoms with van der Waals surface area (Å²) in [4.78, 5) is 19.9. The first-order valence-electron chi connectivity index (χ1n) is 6.28. The van der Waals surface area contributed by atoms with E-state index in [0.29, 0.717) is 13.0 Å². The molecule has 0 radical (unpaired) electrons. The first-order valence-corrected chi connectivity index (χ1v) is 6.28. The SMILES string of the molecule is CCOC(=O)CC(C)Nc1ccnc(C(C)C)n1. The molecule has 18 heavy (non-hydrogen) atoms. The molecule has 0 saturated heterocycles. The van der Waals surface area contributed by atoms with E-state index >= 15 is 0 Å². The summed E-state index contributed by atoms with van der Waals surface area (Å²) in [5.74, 6) is 1.62. The molecule has 5 heteroatoms. The van der Waals surface area contributed by atoms with E-state index in [0.717, 1.165) is 11.6 Å². The zero-order chi connectivity index (χ0) is 13.5. The van der Waals surface area contributed by atoms with E-state index in [1.165, 1.54) is 0 Å². The minimum absolute atomic E-state index is 0.0148. The average Bonchev–Trinajstić information content (AvgIpc) is 2.29. The Morgan fingerprint density at radius 1 is 1.44 bits per heavy atom. The fourth-order valence-electron chi connectivity index (χ4n) is 1.51. The molecule has 0 fully saturated rings. The van der Waals surface area contributed by atoms with Crippen molar-refractivity contribution >= 4 is 11.8 Å². The van der Waals surface area contributed by atoms with E-state index in [1.807, 2.05) is 20.8 Å². The van der Waals surface area contributed by atoms with E-state index in [2.05, 4.69) is 15.3 Å². The Kier molecular flexibility index (Phi) is 5.55. The third kappa shape index (κ3) is 4.69. The number of rotatable bonds is 6. The van der Waals surface area contributed by atoms with E-state index in [4.69, 9.17) is 4.74 Å². The number of aromatic nitrogens is 2. The Morgan fingerprint density at radius 2 is 2.17 bits per heavy atom. The van der Waals surface area contributed by atoms with Gasteiger partial charge in [-0.25, -0.2) is 9.97 Å². The monoisotopic (exact) mass is 251 g/mol. The molecule has 1 aromatic heterocycles. The molecule has 1 aromatic rings. The maximum absolute atomic E-state index is 11.3. The average molecular weight is 251 g/mol. The van der Waals surface area contributed by atoms with Crippen LogP contribution in [0.2, 0.25) is 0 Å². The van der Waals surface area contributed by atoms with Crippen molar-refractivity contribution in [2.75, 3.05) is 11.9 Å². The lowest BCUT2D eigenvalue weighted by molar-refractivity contribution is -0.143. The molecule has 1 atom stereocenters. The molecular weight excluding hydrogens is 230 g/mol. The van der Waals surface area contributed by atoms with Crippen LogP contribution in [0.25, 0.3) is 0 Å². The van der Waals surface area contributed by atoms with E-state index in [1.54, 1.807) is 19.2 Å². The fraction of sp³-hybridized carbons (Fsp3) is 0.615. The summed E-state index contributed by atoms with van der Waals surface area (Å²) in [7, 11) is 0. The van der Waals surface area contributed by atoms with Crippen LogP contribution in [0.1, 0.15) is 45.9 Å². The molecule has 5 nitrogen and oxygen atoms in total. The summed E-state index contributed by atoms with van der Waals surface area (Å²) in [6.45, 7) is 8.22. The molecule has 0 saturated carbocycles. The van der Waals surface area contributed by atoms with E-state index < -0.39 is 0 Å². The number of hydrogen-bond donors (Lipinski definition) is 1. The lowest BCUT2D eigenvalue weighted by Gasteiger charge is -2.14.